The zero-order chi connectivity index (χ0) is 19.5. The smallest absolute Gasteiger partial charge is 0.410 e. The average molecular weight is 381 g/mol. The Hall–Kier alpha value is -3.15. The van der Waals surface area contributed by atoms with Crippen molar-refractivity contribution < 1.29 is 23.5 Å². The summed E-state index contributed by atoms with van der Waals surface area (Å²) >= 11 is 0. The molecule has 0 spiro atoms. The third kappa shape index (κ3) is 3.76. The van der Waals surface area contributed by atoms with Gasteiger partial charge in [-0.2, -0.15) is 0 Å². The van der Waals surface area contributed by atoms with Gasteiger partial charge in [-0.25, -0.2) is 14.0 Å². The summed E-state index contributed by atoms with van der Waals surface area (Å²) in [6.45, 7) is 0.739. The fourth-order valence-corrected chi connectivity index (χ4v) is 3.63. The number of ether oxygens (including phenoxy) is 2. The zero-order valence-corrected chi connectivity index (χ0v) is 15.2. The van der Waals surface area contributed by atoms with Crippen molar-refractivity contribution in [2.24, 2.45) is 5.92 Å². The van der Waals surface area contributed by atoms with Crippen molar-refractivity contribution in [1.29, 1.82) is 0 Å². The topological polar surface area (TPSA) is 55.8 Å². The van der Waals surface area contributed by atoms with Gasteiger partial charge in [0, 0.05) is 19.0 Å². The number of carbonyl (C=O) groups excluding carboxylic acids is 2. The highest BCUT2D eigenvalue weighted by Crippen LogP contribution is 2.37. The second kappa shape index (κ2) is 7.84. The summed E-state index contributed by atoms with van der Waals surface area (Å²) in [5.41, 5.74) is 2.04. The number of benzene rings is 2. The minimum atomic E-state index is -1.37. The normalized spacial score (nSPS) is 23.1. The number of halogens is 1. The molecule has 2 aromatic carbocycles. The molecule has 4 rings (SSSR count). The van der Waals surface area contributed by atoms with Gasteiger partial charge in [0.15, 0.2) is 6.17 Å². The van der Waals surface area contributed by atoms with Gasteiger partial charge in [-0.3, -0.25) is 0 Å². The minimum absolute atomic E-state index is 0.179. The number of carbonyl (C=O) groups is 2. The number of alkyl halides is 1. The molecule has 5 nitrogen and oxygen atoms in total. The number of likely N-dealkylation sites (tertiary alicyclic amines) is 1. The predicted molar refractivity (Wildman–Crippen MR) is 100 cm³/mol. The molecule has 0 aromatic heterocycles. The SMILES string of the molecule is O=C(OC1C(F)C=C2CN(C(=O)OCc3ccccc3)CC21)c1ccccc1. The van der Waals surface area contributed by atoms with Crippen LogP contribution in [0.1, 0.15) is 15.9 Å². The number of rotatable bonds is 4. The number of nitrogens with zero attached hydrogens (tertiary/aromatic N) is 1. The molecule has 3 atom stereocenters. The maximum absolute atomic E-state index is 14.4. The van der Waals surface area contributed by atoms with Crippen molar-refractivity contribution in [3.05, 3.63) is 83.4 Å². The van der Waals surface area contributed by atoms with Gasteiger partial charge in [0.25, 0.3) is 0 Å². The van der Waals surface area contributed by atoms with Crippen LogP contribution < -0.4 is 0 Å². The second-order valence-electron chi connectivity index (χ2n) is 6.95. The van der Waals surface area contributed by atoms with E-state index in [4.69, 9.17) is 9.47 Å². The predicted octanol–water partition coefficient (Wildman–Crippen LogP) is 3.76. The molecule has 0 N–H and O–H groups in total. The Labute approximate surface area is 162 Å². The van der Waals surface area contributed by atoms with Crippen molar-refractivity contribution in [2.45, 2.75) is 18.9 Å². The summed E-state index contributed by atoms with van der Waals surface area (Å²) in [5, 5.41) is 0. The lowest BCUT2D eigenvalue weighted by molar-refractivity contribution is 0.00366. The Bertz CT molecular complexity index is 884. The van der Waals surface area contributed by atoms with Gasteiger partial charge in [0.2, 0.25) is 0 Å². The average Bonchev–Trinajstić information content (AvgIpc) is 3.26. The van der Waals surface area contributed by atoms with Gasteiger partial charge in [-0.05, 0) is 29.3 Å². The van der Waals surface area contributed by atoms with Crippen molar-refractivity contribution in [2.75, 3.05) is 13.1 Å². The lowest BCUT2D eigenvalue weighted by Gasteiger charge is -2.22. The Morgan fingerprint density at radius 3 is 2.43 bits per heavy atom. The van der Waals surface area contributed by atoms with E-state index >= 15 is 0 Å². The molecule has 1 fully saturated rings. The van der Waals surface area contributed by atoms with Crippen molar-refractivity contribution in [3.63, 3.8) is 0 Å². The quantitative estimate of drug-likeness (QED) is 0.598. The van der Waals surface area contributed by atoms with E-state index in [9.17, 15) is 14.0 Å². The molecular formula is C22H20FNO4. The molecule has 1 aliphatic carbocycles. The zero-order valence-electron chi connectivity index (χ0n) is 15.2. The van der Waals surface area contributed by atoms with Crippen LogP contribution in [0.3, 0.4) is 0 Å². The van der Waals surface area contributed by atoms with Crippen LogP contribution in [0.15, 0.2) is 72.3 Å². The van der Waals surface area contributed by atoms with E-state index < -0.39 is 24.3 Å². The monoisotopic (exact) mass is 381 g/mol. The first-order valence-electron chi connectivity index (χ1n) is 9.18. The second-order valence-corrected chi connectivity index (χ2v) is 6.95. The highest BCUT2D eigenvalue weighted by molar-refractivity contribution is 5.89. The first-order chi connectivity index (χ1) is 13.6. The van der Waals surface area contributed by atoms with Crippen LogP contribution in [-0.4, -0.2) is 42.3 Å². The molecule has 2 aliphatic rings. The molecule has 1 amide bonds. The number of amides is 1. The standard InChI is InChI=1S/C22H20FNO4/c23-19-11-17-12-24(22(26)27-14-15-7-3-1-4-8-15)13-18(17)20(19)28-21(25)16-9-5-2-6-10-16/h1-11,18-20H,12-14H2. The molecule has 6 heteroatoms. The van der Waals surface area contributed by atoms with Crippen molar-refractivity contribution in [1.82, 2.24) is 4.90 Å². The van der Waals surface area contributed by atoms with Gasteiger partial charge < -0.3 is 14.4 Å². The van der Waals surface area contributed by atoms with E-state index in [2.05, 4.69) is 0 Å². The van der Waals surface area contributed by atoms with Crippen LogP contribution in [0.2, 0.25) is 0 Å². The largest absolute Gasteiger partial charge is 0.455 e. The molecule has 1 aliphatic heterocycles. The lowest BCUT2D eigenvalue weighted by Crippen LogP contribution is -2.36. The first-order valence-corrected chi connectivity index (χ1v) is 9.18. The Morgan fingerprint density at radius 1 is 1.04 bits per heavy atom. The molecule has 0 radical (unpaired) electrons. The highest BCUT2D eigenvalue weighted by Gasteiger charge is 2.46. The number of esters is 1. The van der Waals surface area contributed by atoms with Crippen LogP contribution >= 0.6 is 0 Å². The number of fused-ring (bicyclic) bond motifs is 1. The third-order valence-electron chi connectivity index (χ3n) is 5.07. The summed E-state index contributed by atoms with van der Waals surface area (Å²) < 4.78 is 25.2. The molecule has 28 heavy (non-hydrogen) atoms. The molecule has 1 heterocycles. The molecule has 144 valence electrons. The van der Waals surface area contributed by atoms with Crippen molar-refractivity contribution >= 4 is 12.1 Å². The van der Waals surface area contributed by atoms with E-state index in [1.54, 1.807) is 30.3 Å². The highest BCUT2D eigenvalue weighted by atomic mass is 19.1. The van der Waals surface area contributed by atoms with E-state index in [1.165, 1.54) is 11.0 Å². The molecular weight excluding hydrogens is 361 g/mol. The van der Waals surface area contributed by atoms with E-state index in [-0.39, 0.29) is 25.6 Å². The van der Waals surface area contributed by atoms with E-state index in [1.807, 2.05) is 30.3 Å². The van der Waals surface area contributed by atoms with Crippen molar-refractivity contribution in [3.8, 4) is 0 Å². The molecule has 0 saturated carbocycles. The van der Waals surface area contributed by atoms with Crippen LogP contribution in [0, 0.1) is 5.92 Å². The molecule has 2 aromatic rings. The summed E-state index contributed by atoms with van der Waals surface area (Å²) in [4.78, 5) is 26.2. The fourth-order valence-electron chi connectivity index (χ4n) is 3.63. The molecule has 1 saturated heterocycles. The Morgan fingerprint density at radius 2 is 1.71 bits per heavy atom. The maximum Gasteiger partial charge on any atom is 0.410 e. The summed E-state index contributed by atoms with van der Waals surface area (Å²) in [5.74, 6) is -0.903. The molecule has 3 unspecified atom stereocenters. The van der Waals surface area contributed by atoms with Gasteiger partial charge in [0.1, 0.15) is 12.7 Å². The molecule has 0 bridgehead atoms. The Kier molecular flexibility index (Phi) is 5.10. The van der Waals surface area contributed by atoms with Gasteiger partial charge in [-0.15, -0.1) is 0 Å². The maximum atomic E-state index is 14.4. The fraction of sp³-hybridized carbons (Fsp3) is 0.273. The first kappa shape index (κ1) is 18.2. The lowest BCUT2D eigenvalue weighted by atomic mass is 10.0. The van der Waals surface area contributed by atoms with Crippen LogP contribution in [0.4, 0.5) is 9.18 Å². The summed E-state index contributed by atoms with van der Waals surface area (Å²) in [6, 6.07) is 17.9. The number of hydrogen-bond donors (Lipinski definition) is 0. The van der Waals surface area contributed by atoms with Crippen LogP contribution in [0.25, 0.3) is 0 Å². The van der Waals surface area contributed by atoms with Gasteiger partial charge in [-0.1, -0.05) is 48.5 Å². The van der Waals surface area contributed by atoms with Crippen LogP contribution in [0.5, 0.6) is 0 Å². The van der Waals surface area contributed by atoms with Crippen LogP contribution in [-0.2, 0) is 16.1 Å². The number of hydrogen-bond acceptors (Lipinski definition) is 4. The third-order valence-corrected chi connectivity index (χ3v) is 5.07. The summed E-state index contributed by atoms with van der Waals surface area (Å²) in [6.07, 6.45) is -1.29. The van der Waals surface area contributed by atoms with E-state index in [0.717, 1.165) is 11.1 Å². The van der Waals surface area contributed by atoms with Gasteiger partial charge >= 0.3 is 12.1 Å². The van der Waals surface area contributed by atoms with E-state index in [0.29, 0.717) is 5.56 Å². The summed E-state index contributed by atoms with van der Waals surface area (Å²) in [7, 11) is 0. The van der Waals surface area contributed by atoms with Gasteiger partial charge in [0.05, 0.1) is 5.56 Å². The Balaban J connectivity index is 1.36. The minimum Gasteiger partial charge on any atom is -0.455 e.